The number of nitrogens with zero attached hydrogens (tertiary/aromatic N) is 4. The van der Waals surface area contributed by atoms with Gasteiger partial charge in [-0.05, 0) is 38.8 Å². The van der Waals surface area contributed by atoms with Crippen LogP contribution in [0.15, 0.2) is 10.9 Å². The molecule has 2 aliphatic rings. The lowest BCUT2D eigenvalue weighted by Crippen LogP contribution is -2.47. The van der Waals surface area contributed by atoms with E-state index in [9.17, 15) is 4.79 Å². The number of hydrogen-bond acceptors (Lipinski definition) is 5. The molecule has 3 rings (SSSR count). The number of aromatic nitrogens is 1. The summed E-state index contributed by atoms with van der Waals surface area (Å²) < 4.78 is 0. The molecule has 5 nitrogen and oxygen atoms in total. The van der Waals surface area contributed by atoms with Gasteiger partial charge < -0.3 is 4.90 Å². The van der Waals surface area contributed by atoms with Crippen LogP contribution in [-0.4, -0.2) is 70.9 Å². The van der Waals surface area contributed by atoms with Gasteiger partial charge in [0.15, 0.2) is 0 Å². The van der Waals surface area contributed by atoms with Gasteiger partial charge in [0.25, 0.3) is 0 Å². The Balaban J connectivity index is 1.53. The highest BCUT2D eigenvalue weighted by molar-refractivity contribution is 7.07. The van der Waals surface area contributed by atoms with E-state index in [0.717, 1.165) is 70.8 Å². The summed E-state index contributed by atoms with van der Waals surface area (Å²) >= 11 is 1.65. The van der Waals surface area contributed by atoms with Gasteiger partial charge in [0.2, 0.25) is 5.91 Å². The molecule has 3 heterocycles. The van der Waals surface area contributed by atoms with E-state index in [1.165, 1.54) is 6.42 Å². The third-order valence-electron chi connectivity index (χ3n) is 4.93. The Hall–Kier alpha value is -0.980. The quantitative estimate of drug-likeness (QED) is 0.825. The van der Waals surface area contributed by atoms with Crippen LogP contribution in [0.4, 0.5) is 0 Å². The van der Waals surface area contributed by atoms with Gasteiger partial charge in [-0.1, -0.05) is 6.92 Å². The van der Waals surface area contributed by atoms with Crippen LogP contribution in [0.5, 0.6) is 0 Å². The lowest BCUT2D eigenvalue weighted by Gasteiger charge is -2.29. The zero-order chi connectivity index (χ0) is 16.1. The SMILES string of the molecule is CCCN1CCC[C@@H]1C(=O)N1CCCN(Cc2cscn2)CC1. The number of carbonyl (C=O) groups is 1. The fourth-order valence-electron chi connectivity index (χ4n) is 3.77. The second-order valence-electron chi connectivity index (χ2n) is 6.63. The highest BCUT2D eigenvalue weighted by Gasteiger charge is 2.33. The smallest absolute Gasteiger partial charge is 0.239 e. The summed E-state index contributed by atoms with van der Waals surface area (Å²) in [6.07, 6.45) is 4.40. The molecule has 1 atom stereocenters. The molecule has 6 heteroatoms. The summed E-state index contributed by atoms with van der Waals surface area (Å²) in [5.41, 5.74) is 3.05. The molecule has 1 aromatic rings. The zero-order valence-corrected chi connectivity index (χ0v) is 14.9. The van der Waals surface area contributed by atoms with Crippen molar-refractivity contribution in [2.24, 2.45) is 0 Å². The second-order valence-corrected chi connectivity index (χ2v) is 7.35. The average molecular weight is 337 g/mol. The normalized spacial score (nSPS) is 24.0. The molecular formula is C17H28N4OS. The molecule has 0 saturated carbocycles. The van der Waals surface area contributed by atoms with Crippen molar-refractivity contribution in [2.45, 2.75) is 45.2 Å². The van der Waals surface area contributed by atoms with Gasteiger partial charge in [0.1, 0.15) is 0 Å². The largest absolute Gasteiger partial charge is 0.340 e. The molecule has 23 heavy (non-hydrogen) atoms. The highest BCUT2D eigenvalue weighted by atomic mass is 32.1. The van der Waals surface area contributed by atoms with Gasteiger partial charge in [-0.15, -0.1) is 11.3 Å². The Morgan fingerprint density at radius 3 is 2.96 bits per heavy atom. The number of thiazole rings is 1. The Morgan fingerprint density at radius 1 is 1.26 bits per heavy atom. The van der Waals surface area contributed by atoms with Gasteiger partial charge in [-0.2, -0.15) is 0 Å². The maximum absolute atomic E-state index is 12.9. The number of carbonyl (C=O) groups excluding carboxylic acids is 1. The van der Waals surface area contributed by atoms with Crippen LogP contribution >= 0.6 is 11.3 Å². The Bertz CT molecular complexity index is 493. The van der Waals surface area contributed by atoms with Crippen molar-refractivity contribution in [1.29, 1.82) is 0 Å². The van der Waals surface area contributed by atoms with Crippen molar-refractivity contribution in [3.05, 3.63) is 16.6 Å². The maximum Gasteiger partial charge on any atom is 0.239 e. The molecule has 0 aromatic carbocycles. The van der Waals surface area contributed by atoms with Crippen molar-refractivity contribution in [1.82, 2.24) is 19.7 Å². The van der Waals surface area contributed by atoms with Crippen LogP contribution in [-0.2, 0) is 11.3 Å². The number of likely N-dealkylation sites (tertiary alicyclic amines) is 1. The van der Waals surface area contributed by atoms with Gasteiger partial charge in [-0.3, -0.25) is 14.6 Å². The molecule has 2 aliphatic heterocycles. The monoisotopic (exact) mass is 336 g/mol. The van der Waals surface area contributed by atoms with Crippen LogP contribution in [0.3, 0.4) is 0 Å². The first-order chi connectivity index (χ1) is 11.3. The molecule has 0 radical (unpaired) electrons. The highest BCUT2D eigenvalue weighted by Crippen LogP contribution is 2.20. The molecule has 0 unspecified atom stereocenters. The summed E-state index contributed by atoms with van der Waals surface area (Å²) in [5.74, 6) is 0.367. The van der Waals surface area contributed by atoms with Crippen molar-refractivity contribution < 1.29 is 4.79 Å². The van der Waals surface area contributed by atoms with Gasteiger partial charge in [0, 0.05) is 38.1 Å². The minimum atomic E-state index is 0.139. The van der Waals surface area contributed by atoms with E-state index in [2.05, 4.69) is 32.0 Å². The summed E-state index contributed by atoms with van der Waals surface area (Å²) in [5, 5.41) is 2.12. The molecule has 128 valence electrons. The number of hydrogen-bond donors (Lipinski definition) is 0. The molecule has 0 spiro atoms. The summed E-state index contributed by atoms with van der Waals surface area (Å²) in [4.78, 5) is 24.2. The minimum absolute atomic E-state index is 0.139. The van der Waals surface area contributed by atoms with Crippen LogP contribution < -0.4 is 0 Å². The van der Waals surface area contributed by atoms with Crippen molar-refractivity contribution >= 4 is 17.2 Å². The van der Waals surface area contributed by atoms with E-state index in [4.69, 9.17) is 0 Å². The minimum Gasteiger partial charge on any atom is -0.340 e. The first kappa shape index (κ1) is 16.9. The second kappa shape index (κ2) is 8.22. The Labute approximate surface area is 143 Å². The molecule has 2 fully saturated rings. The van der Waals surface area contributed by atoms with E-state index in [-0.39, 0.29) is 6.04 Å². The molecule has 2 saturated heterocycles. The Kier molecular flexibility index (Phi) is 6.02. The van der Waals surface area contributed by atoms with Gasteiger partial charge >= 0.3 is 0 Å². The molecule has 0 bridgehead atoms. The third-order valence-corrected chi connectivity index (χ3v) is 5.56. The third kappa shape index (κ3) is 4.31. The first-order valence-electron chi connectivity index (χ1n) is 8.90. The van der Waals surface area contributed by atoms with Crippen LogP contribution in [0.25, 0.3) is 0 Å². The number of amides is 1. The van der Waals surface area contributed by atoms with Crippen molar-refractivity contribution in [3.63, 3.8) is 0 Å². The fraction of sp³-hybridized carbons (Fsp3) is 0.765. The standard InChI is InChI=1S/C17H28N4OS/c1-2-6-20-8-3-5-16(20)17(22)21-9-4-7-19(10-11-21)12-15-13-23-14-18-15/h13-14,16H,2-12H2,1H3/t16-/m1/s1. The zero-order valence-electron chi connectivity index (χ0n) is 14.1. The van der Waals surface area contributed by atoms with Crippen molar-refractivity contribution in [2.75, 3.05) is 39.3 Å². The molecule has 1 amide bonds. The number of rotatable bonds is 5. The van der Waals surface area contributed by atoms with Crippen LogP contribution in [0.2, 0.25) is 0 Å². The van der Waals surface area contributed by atoms with Crippen LogP contribution in [0.1, 0.15) is 38.3 Å². The topological polar surface area (TPSA) is 39.7 Å². The molecule has 0 aliphatic carbocycles. The van der Waals surface area contributed by atoms with E-state index >= 15 is 0 Å². The van der Waals surface area contributed by atoms with Gasteiger partial charge in [0.05, 0.1) is 17.2 Å². The van der Waals surface area contributed by atoms with Crippen LogP contribution in [0, 0.1) is 0 Å². The van der Waals surface area contributed by atoms with E-state index < -0.39 is 0 Å². The van der Waals surface area contributed by atoms with Crippen molar-refractivity contribution in [3.8, 4) is 0 Å². The fourth-order valence-corrected chi connectivity index (χ4v) is 4.32. The summed E-state index contributed by atoms with van der Waals surface area (Å²) in [6, 6.07) is 0.139. The average Bonchev–Trinajstić information content (AvgIpc) is 3.16. The Morgan fingerprint density at radius 2 is 2.17 bits per heavy atom. The summed E-state index contributed by atoms with van der Waals surface area (Å²) in [7, 11) is 0. The lowest BCUT2D eigenvalue weighted by molar-refractivity contribution is -0.135. The molecular weight excluding hydrogens is 308 g/mol. The maximum atomic E-state index is 12.9. The predicted octanol–water partition coefficient (Wildman–Crippen LogP) is 2.05. The first-order valence-corrected chi connectivity index (χ1v) is 9.84. The molecule has 1 aromatic heterocycles. The van der Waals surface area contributed by atoms with E-state index in [1.807, 2.05) is 5.51 Å². The van der Waals surface area contributed by atoms with Gasteiger partial charge in [-0.25, -0.2) is 4.98 Å². The van der Waals surface area contributed by atoms with E-state index in [1.54, 1.807) is 11.3 Å². The van der Waals surface area contributed by atoms with E-state index in [0.29, 0.717) is 5.91 Å². The predicted molar refractivity (Wildman–Crippen MR) is 93.5 cm³/mol. The lowest BCUT2D eigenvalue weighted by atomic mass is 10.2. The molecule has 0 N–H and O–H groups in total. The summed E-state index contributed by atoms with van der Waals surface area (Å²) in [6.45, 7) is 9.05.